The number of rotatable bonds is 5. The highest BCUT2D eigenvalue weighted by molar-refractivity contribution is 7.89. The van der Waals surface area contributed by atoms with E-state index in [1.165, 1.54) is 12.1 Å². The van der Waals surface area contributed by atoms with E-state index in [-0.39, 0.29) is 11.4 Å². The standard InChI is InChI=1S/C15H17N3O3S/c19-15(18-17-14-9-11-5-4-8-13(11)14)10-16-22(20,21)12-6-2-1-3-7-12/h1-7,11,13,16H,8-10H2,(H,18,19)/b17-14-/t11-,13+/m0/s1. The van der Waals surface area contributed by atoms with Gasteiger partial charge in [-0.2, -0.15) is 5.10 Å². The van der Waals surface area contributed by atoms with Crippen LogP contribution in [0.1, 0.15) is 12.8 Å². The molecular weight excluding hydrogens is 302 g/mol. The minimum absolute atomic E-state index is 0.132. The van der Waals surface area contributed by atoms with Gasteiger partial charge in [0.2, 0.25) is 10.0 Å². The van der Waals surface area contributed by atoms with Gasteiger partial charge in [0.1, 0.15) is 0 Å². The van der Waals surface area contributed by atoms with Crippen molar-refractivity contribution >= 4 is 21.6 Å². The van der Waals surface area contributed by atoms with Crippen LogP contribution in [0.4, 0.5) is 0 Å². The number of hydrogen-bond donors (Lipinski definition) is 2. The average Bonchev–Trinajstić information content (AvgIpc) is 2.88. The number of hydrazone groups is 1. The lowest BCUT2D eigenvalue weighted by molar-refractivity contribution is -0.119. The Kier molecular flexibility index (Phi) is 4.08. The summed E-state index contributed by atoms with van der Waals surface area (Å²) in [5.41, 5.74) is 3.40. The van der Waals surface area contributed by atoms with Crippen molar-refractivity contribution in [2.24, 2.45) is 16.9 Å². The zero-order valence-corrected chi connectivity index (χ0v) is 12.7. The molecule has 0 radical (unpaired) electrons. The third-order valence-corrected chi connectivity index (χ3v) is 5.38. The summed E-state index contributed by atoms with van der Waals surface area (Å²) >= 11 is 0. The number of allylic oxidation sites excluding steroid dienone is 2. The van der Waals surface area contributed by atoms with Gasteiger partial charge < -0.3 is 0 Å². The van der Waals surface area contributed by atoms with Gasteiger partial charge in [0.05, 0.1) is 11.4 Å². The largest absolute Gasteiger partial charge is 0.272 e. The molecule has 0 heterocycles. The van der Waals surface area contributed by atoms with Crippen molar-refractivity contribution in [3.8, 4) is 0 Å². The van der Waals surface area contributed by atoms with Crippen molar-refractivity contribution in [3.05, 3.63) is 42.5 Å². The van der Waals surface area contributed by atoms with Gasteiger partial charge in [0.15, 0.2) is 0 Å². The van der Waals surface area contributed by atoms with Gasteiger partial charge in [-0.1, -0.05) is 30.4 Å². The Morgan fingerprint density at radius 3 is 2.77 bits per heavy atom. The highest BCUT2D eigenvalue weighted by Gasteiger charge is 2.37. The van der Waals surface area contributed by atoms with Crippen molar-refractivity contribution in [1.82, 2.24) is 10.1 Å². The van der Waals surface area contributed by atoms with Crippen molar-refractivity contribution in [2.75, 3.05) is 6.54 Å². The van der Waals surface area contributed by atoms with Gasteiger partial charge in [-0.25, -0.2) is 18.6 Å². The van der Waals surface area contributed by atoms with E-state index in [1.807, 2.05) is 0 Å². The smallest absolute Gasteiger partial charge is 0.255 e. The highest BCUT2D eigenvalue weighted by Crippen LogP contribution is 2.39. The molecule has 7 heteroatoms. The number of amides is 1. The van der Waals surface area contributed by atoms with Crippen LogP contribution >= 0.6 is 0 Å². The first-order chi connectivity index (χ1) is 10.6. The van der Waals surface area contributed by atoms with Crippen LogP contribution in [-0.2, 0) is 14.8 Å². The van der Waals surface area contributed by atoms with E-state index in [4.69, 9.17) is 0 Å². The molecule has 2 aliphatic rings. The average molecular weight is 319 g/mol. The number of benzene rings is 1. The van der Waals surface area contributed by atoms with E-state index in [1.54, 1.807) is 18.2 Å². The van der Waals surface area contributed by atoms with Gasteiger partial charge in [-0.05, 0) is 30.9 Å². The summed E-state index contributed by atoms with van der Waals surface area (Å²) < 4.78 is 26.2. The fraction of sp³-hybridized carbons (Fsp3) is 0.333. The zero-order chi connectivity index (χ0) is 15.6. The molecular formula is C15H17N3O3S. The van der Waals surface area contributed by atoms with Crippen LogP contribution in [0.3, 0.4) is 0 Å². The molecule has 22 heavy (non-hydrogen) atoms. The Labute approximate surface area is 129 Å². The first-order valence-corrected chi connectivity index (χ1v) is 8.61. The van der Waals surface area contributed by atoms with E-state index in [0.717, 1.165) is 18.6 Å². The molecule has 2 atom stereocenters. The van der Waals surface area contributed by atoms with Crippen LogP contribution in [0, 0.1) is 11.8 Å². The second-order valence-electron chi connectivity index (χ2n) is 5.41. The Hall–Kier alpha value is -1.99. The van der Waals surface area contributed by atoms with E-state index in [2.05, 4.69) is 27.4 Å². The summed E-state index contributed by atoms with van der Waals surface area (Å²) in [5, 5.41) is 4.09. The summed E-state index contributed by atoms with van der Waals surface area (Å²) in [6.45, 7) is -0.333. The Morgan fingerprint density at radius 2 is 2.05 bits per heavy atom. The Balaban J connectivity index is 1.50. The maximum Gasteiger partial charge on any atom is 0.255 e. The quantitative estimate of drug-likeness (QED) is 0.628. The lowest BCUT2D eigenvalue weighted by Crippen LogP contribution is -2.38. The van der Waals surface area contributed by atoms with Gasteiger partial charge in [0, 0.05) is 11.6 Å². The summed E-state index contributed by atoms with van der Waals surface area (Å²) in [4.78, 5) is 11.8. The van der Waals surface area contributed by atoms with Crippen molar-refractivity contribution in [3.63, 3.8) is 0 Å². The van der Waals surface area contributed by atoms with E-state index in [0.29, 0.717) is 11.8 Å². The minimum atomic E-state index is -3.67. The van der Waals surface area contributed by atoms with Crippen LogP contribution < -0.4 is 10.1 Å². The lowest BCUT2D eigenvalue weighted by Gasteiger charge is -2.31. The topological polar surface area (TPSA) is 87.6 Å². The molecule has 1 aromatic carbocycles. The normalized spacial score (nSPS) is 24.8. The first-order valence-electron chi connectivity index (χ1n) is 7.13. The SMILES string of the molecule is O=C(CNS(=O)(=O)c1ccccc1)N/N=C1/C[C@@H]2C=CC[C@@H]12. The number of nitrogens with one attached hydrogen (secondary N) is 2. The Bertz CT molecular complexity index is 726. The van der Waals surface area contributed by atoms with Gasteiger partial charge in [0.25, 0.3) is 5.91 Å². The number of carbonyl (C=O) groups is 1. The van der Waals surface area contributed by atoms with E-state index in [9.17, 15) is 13.2 Å². The molecule has 0 saturated heterocycles. The third-order valence-electron chi connectivity index (χ3n) is 3.96. The number of fused-ring (bicyclic) bond motifs is 1. The molecule has 3 rings (SSSR count). The van der Waals surface area contributed by atoms with Crippen molar-refractivity contribution in [2.45, 2.75) is 17.7 Å². The molecule has 116 valence electrons. The summed E-state index contributed by atoms with van der Waals surface area (Å²) in [5.74, 6) is 0.509. The molecule has 0 unspecified atom stereocenters. The van der Waals surface area contributed by atoms with E-state index < -0.39 is 15.9 Å². The molecule has 0 aromatic heterocycles. The van der Waals surface area contributed by atoms with Gasteiger partial charge in [-0.3, -0.25) is 4.79 Å². The van der Waals surface area contributed by atoms with Gasteiger partial charge >= 0.3 is 0 Å². The molecule has 1 saturated carbocycles. The second kappa shape index (κ2) is 6.02. The second-order valence-corrected chi connectivity index (χ2v) is 7.18. The molecule has 1 aromatic rings. The zero-order valence-electron chi connectivity index (χ0n) is 11.9. The fourth-order valence-electron chi connectivity index (χ4n) is 2.68. The maximum absolute atomic E-state index is 12.0. The number of nitrogens with zero attached hydrogens (tertiary/aromatic N) is 1. The molecule has 2 N–H and O–H groups in total. The highest BCUT2D eigenvalue weighted by atomic mass is 32.2. The van der Waals surface area contributed by atoms with Crippen LogP contribution in [0.15, 0.2) is 52.5 Å². The van der Waals surface area contributed by atoms with Crippen LogP contribution in [0.2, 0.25) is 0 Å². The first kappa shape index (κ1) is 14.9. The molecule has 1 fully saturated rings. The minimum Gasteiger partial charge on any atom is -0.272 e. The third kappa shape index (κ3) is 3.10. The van der Waals surface area contributed by atoms with Crippen LogP contribution in [-0.4, -0.2) is 26.6 Å². The van der Waals surface area contributed by atoms with Crippen LogP contribution in [0.25, 0.3) is 0 Å². The maximum atomic E-state index is 12.0. The van der Waals surface area contributed by atoms with E-state index >= 15 is 0 Å². The molecule has 6 nitrogen and oxygen atoms in total. The summed E-state index contributed by atoms with van der Waals surface area (Å²) in [7, 11) is -3.67. The number of sulfonamides is 1. The van der Waals surface area contributed by atoms with Crippen molar-refractivity contribution < 1.29 is 13.2 Å². The number of carbonyl (C=O) groups excluding carboxylic acids is 1. The van der Waals surface area contributed by atoms with Crippen molar-refractivity contribution in [1.29, 1.82) is 0 Å². The van der Waals surface area contributed by atoms with Crippen LogP contribution in [0.5, 0.6) is 0 Å². The Morgan fingerprint density at radius 1 is 1.27 bits per heavy atom. The summed E-state index contributed by atoms with van der Waals surface area (Å²) in [6.07, 6.45) is 6.16. The lowest BCUT2D eigenvalue weighted by atomic mass is 9.74. The molecule has 2 aliphatic carbocycles. The molecule has 1 amide bonds. The molecule has 0 aliphatic heterocycles. The summed E-state index contributed by atoms with van der Waals surface area (Å²) in [6, 6.07) is 7.93. The molecule has 0 bridgehead atoms. The molecule has 0 spiro atoms. The fourth-order valence-corrected chi connectivity index (χ4v) is 3.68. The van der Waals surface area contributed by atoms with Gasteiger partial charge in [-0.15, -0.1) is 0 Å². The predicted octanol–water partition coefficient (Wildman–Crippen LogP) is 1.03. The predicted molar refractivity (Wildman–Crippen MR) is 82.6 cm³/mol. The number of hydrogen-bond acceptors (Lipinski definition) is 4. The monoisotopic (exact) mass is 319 g/mol.